The summed E-state index contributed by atoms with van der Waals surface area (Å²) in [6.45, 7) is 1.69. The Kier molecular flexibility index (Phi) is 3.87. The van der Waals surface area contributed by atoms with E-state index in [0.717, 1.165) is 36.0 Å². The average molecular weight is 303 g/mol. The van der Waals surface area contributed by atoms with Crippen LogP contribution in [0.15, 0.2) is 28.7 Å². The standard InChI is InChI=1S/C12H13BrClNO/c13-10-5-3-4-9(8-10)11(14)12(16)15-6-1-2-7-15/h3-5,8,11H,1-2,6-7H2. The van der Waals surface area contributed by atoms with Crippen molar-refractivity contribution in [3.8, 4) is 0 Å². The van der Waals surface area contributed by atoms with Gasteiger partial charge in [-0.25, -0.2) is 0 Å². The van der Waals surface area contributed by atoms with Crippen LogP contribution in [0.3, 0.4) is 0 Å². The van der Waals surface area contributed by atoms with E-state index in [0.29, 0.717) is 0 Å². The first kappa shape index (κ1) is 11.9. The molecular weight excluding hydrogens is 289 g/mol. The van der Waals surface area contributed by atoms with Gasteiger partial charge in [-0.15, -0.1) is 11.6 Å². The summed E-state index contributed by atoms with van der Waals surface area (Å²) in [6.07, 6.45) is 2.18. The van der Waals surface area contributed by atoms with Gasteiger partial charge in [0.1, 0.15) is 5.38 Å². The van der Waals surface area contributed by atoms with Gasteiger partial charge in [-0.1, -0.05) is 28.1 Å². The van der Waals surface area contributed by atoms with E-state index in [1.807, 2.05) is 29.2 Å². The van der Waals surface area contributed by atoms with Crippen LogP contribution in [0.5, 0.6) is 0 Å². The van der Waals surface area contributed by atoms with Crippen molar-refractivity contribution in [1.82, 2.24) is 4.90 Å². The molecular formula is C12H13BrClNO. The van der Waals surface area contributed by atoms with Crippen LogP contribution in [0.4, 0.5) is 0 Å². The number of amides is 1. The maximum Gasteiger partial charge on any atom is 0.245 e. The van der Waals surface area contributed by atoms with Crippen molar-refractivity contribution in [3.63, 3.8) is 0 Å². The molecule has 1 aliphatic rings. The van der Waals surface area contributed by atoms with Gasteiger partial charge in [-0.3, -0.25) is 4.79 Å². The molecule has 2 rings (SSSR count). The Hall–Kier alpha value is -0.540. The summed E-state index contributed by atoms with van der Waals surface area (Å²) in [7, 11) is 0. The molecule has 4 heteroatoms. The van der Waals surface area contributed by atoms with E-state index >= 15 is 0 Å². The van der Waals surface area contributed by atoms with Gasteiger partial charge in [-0.2, -0.15) is 0 Å². The molecule has 1 aromatic carbocycles. The van der Waals surface area contributed by atoms with Crippen molar-refractivity contribution in [1.29, 1.82) is 0 Å². The molecule has 0 aliphatic carbocycles. The molecule has 2 nitrogen and oxygen atoms in total. The Bertz CT molecular complexity index is 390. The molecule has 1 saturated heterocycles. The van der Waals surface area contributed by atoms with Gasteiger partial charge < -0.3 is 4.90 Å². The van der Waals surface area contributed by atoms with E-state index < -0.39 is 5.38 Å². The molecule has 0 aromatic heterocycles. The predicted octanol–water partition coefficient (Wildman–Crippen LogP) is 3.35. The van der Waals surface area contributed by atoms with Crippen LogP contribution in [0.25, 0.3) is 0 Å². The van der Waals surface area contributed by atoms with E-state index in [4.69, 9.17) is 11.6 Å². The first-order valence-electron chi connectivity index (χ1n) is 5.37. The van der Waals surface area contributed by atoms with Crippen molar-refractivity contribution in [2.45, 2.75) is 18.2 Å². The second-order valence-corrected chi connectivity index (χ2v) is 5.30. The molecule has 1 aliphatic heterocycles. The third-order valence-electron chi connectivity index (χ3n) is 2.78. The molecule has 0 N–H and O–H groups in total. The maximum absolute atomic E-state index is 12.0. The minimum absolute atomic E-state index is 0.0252. The second-order valence-electron chi connectivity index (χ2n) is 3.95. The van der Waals surface area contributed by atoms with Crippen molar-refractivity contribution < 1.29 is 4.79 Å². The molecule has 1 amide bonds. The summed E-state index contributed by atoms with van der Waals surface area (Å²) in [5.41, 5.74) is 0.855. The van der Waals surface area contributed by atoms with Crippen LogP contribution < -0.4 is 0 Å². The molecule has 0 radical (unpaired) electrons. The molecule has 1 aromatic rings. The van der Waals surface area contributed by atoms with E-state index in [-0.39, 0.29) is 5.91 Å². The quantitative estimate of drug-likeness (QED) is 0.767. The highest BCUT2D eigenvalue weighted by Crippen LogP contribution is 2.26. The molecule has 1 fully saturated rings. The summed E-state index contributed by atoms with van der Waals surface area (Å²) in [6, 6.07) is 7.60. The number of carbonyl (C=O) groups excluding carboxylic acids is 1. The Balaban J connectivity index is 2.11. The van der Waals surface area contributed by atoms with Crippen molar-refractivity contribution in [2.24, 2.45) is 0 Å². The first-order chi connectivity index (χ1) is 7.68. The number of hydrogen-bond acceptors (Lipinski definition) is 1. The maximum atomic E-state index is 12.0. The van der Waals surface area contributed by atoms with Gasteiger partial charge in [0.15, 0.2) is 0 Å². The molecule has 1 heterocycles. The highest BCUT2D eigenvalue weighted by Gasteiger charge is 2.25. The lowest BCUT2D eigenvalue weighted by atomic mass is 10.1. The zero-order chi connectivity index (χ0) is 11.5. The molecule has 0 bridgehead atoms. The van der Waals surface area contributed by atoms with Gasteiger partial charge in [-0.05, 0) is 30.5 Å². The number of carbonyl (C=O) groups is 1. The van der Waals surface area contributed by atoms with Crippen LogP contribution in [0, 0.1) is 0 Å². The minimum Gasteiger partial charge on any atom is -0.341 e. The summed E-state index contributed by atoms with van der Waals surface area (Å²) in [5.74, 6) is 0.0252. The molecule has 0 saturated carbocycles. The highest BCUT2D eigenvalue weighted by atomic mass is 79.9. The number of halogens is 2. The predicted molar refractivity (Wildman–Crippen MR) is 68.6 cm³/mol. The Morgan fingerprint density at radius 3 is 2.69 bits per heavy atom. The highest BCUT2D eigenvalue weighted by molar-refractivity contribution is 9.10. The van der Waals surface area contributed by atoms with Crippen molar-refractivity contribution in [3.05, 3.63) is 34.3 Å². The van der Waals surface area contributed by atoms with E-state index in [1.165, 1.54) is 0 Å². The Morgan fingerprint density at radius 2 is 2.06 bits per heavy atom. The fraction of sp³-hybridized carbons (Fsp3) is 0.417. The SMILES string of the molecule is O=C(C(Cl)c1cccc(Br)c1)N1CCCC1. The van der Waals surface area contributed by atoms with Gasteiger partial charge in [0.2, 0.25) is 5.91 Å². The van der Waals surface area contributed by atoms with Crippen molar-refractivity contribution >= 4 is 33.4 Å². The lowest BCUT2D eigenvalue weighted by Gasteiger charge is -2.19. The Morgan fingerprint density at radius 1 is 1.38 bits per heavy atom. The number of likely N-dealkylation sites (tertiary alicyclic amines) is 1. The van der Waals surface area contributed by atoms with Gasteiger partial charge in [0.25, 0.3) is 0 Å². The van der Waals surface area contributed by atoms with E-state index in [1.54, 1.807) is 0 Å². The number of benzene rings is 1. The number of rotatable bonds is 2. The van der Waals surface area contributed by atoms with Crippen molar-refractivity contribution in [2.75, 3.05) is 13.1 Å². The zero-order valence-corrected chi connectivity index (χ0v) is 11.2. The third-order valence-corrected chi connectivity index (χ3v) is 3.71. The molecule has 16 heavy (non-hydrogen) atoms. The van der Waals surface area contributed by atoms with Crippen LogP contribution >= 0.6 is 27.5 Å². The summed E-state index contributed by atoms with van der Waals surface area (Å²) in [4.78, 5) is 13.9. The van der Waals surface area contributed by atoms with E-state index in [2.05, 4.69) is 15.9 Å². The number of hydrogen-bond donors (Lipinski definition) is 0. The molecule has 0 spiro atoms. The minimum atomic E-state index is -0.560. The fourth-order valence-corrected chi connectivity index (χ4v) is 2.60. The smallest absolute Gasteiger partial charge is 0.245 e. The largest absolute Gasteiger partial charge is 0.341 e. The summed E-state index contributed by atoms with van der Waals surface area (Å²) in [5, 5.41) is -0.560. The molecule has 1 unspecified atom stereocenters. The molecule has 1 atom stereocenters. The van der Waals surface area contributed by atoms with Crippen LogP contribution in [0.2, 0.25) is 0 Å². The van der Waals surface area contributed by atoms with Crippen LogP contribution in [-0.4, -0.2) is 23.9 Å². The third kappa shape index (κ3) is 2.58. The monoisotopic (exact) mass is 301 g/mol. The van der Waals surface area contributed by atoms with Crippen LogP contribution in [0.1, 0.15) is 23.8 Å². The summed E-state index contributed by atoms with van der Waals surface area (Å²) < 4.78 is 0.949. The van der Waals surface area contributed by atoms with Gasteiger partial charge in [0, 0.05) is 17.6 Å². The van der Waals surface area contributed by atoms with E-state index in [9.17, 15) is 4.79 Å². The summed E-state index contributed by atoms with van der Waals surface area (Å²) >= 11 is 9.58. The van der Waals surface area contributed by atoms with Gasteiger partial charge >= 0.3 is 0 Å². The zero-order valence-electron chi connectivity index (χ0n) is 8.83. The van der Waals surface area contributed by atoms with Crippen LogP contribution in [-0.2, 0) is 4.79 Å². The topological polar surface area (TPSA) is 20.3 Å². The lowest BCUT2D eigenvalue weighted by Crippen LogP contribution is -2.30. The number of alkyl halides is 1. The normalized spacial score (nSPS) is 17.5. The van der Waals surface area contributed by atoms with Gasteiger partial charge in [0.05, 0.1) is 0 Å². The fourth-order valence-electron chi connectivity index (χ4n) is 1.90. The molecule has 86 valence electrons. The Labute approximate surface area is 109 Å². The lowest BCUT2D eigenvalue weighted by molar-refractivity contribution is -0.129. The second kappa shape index (κ2) is 5.19. The average Bonchev–Trinajstić information content (AvgIpc) is 2.80. The first-order valence-corrected chi connectivity index (χ1v) is 6.60. The number of nitrogens with zero attached hydrogens (tertiary/aromatic N) is 1.